The number of hydrogen-bond acceptors (Lipinski definition) is 6. The Bertz CT molecular complexity index is 491. The van der Waals surface area contributed by atoms with Crippen molar-refractivity contribution in [2.45, 2.75) is 0 Å². The third-order valence-electron chi connectivity index (χ3n) is 2.51. The standard InChI is InChI=1S/C12H16N6/c1-13-10-15-11(14-2)17-12(16-10)18(3)9-7-5-4-6-8-9/h4-8H,1-3H3,(H2,13,14,15,16,17). The zero-order chi connectivity index (χ0) is 13.0. The molecular formula is C12H16N6. The quantitative estimate of drug-likeness (QED) is 0.853. The molecule has 6 nitrogen and oxygen atoms in total. The summed E-state index contributed by atoms with van der Waals surface area (Å²) in [5.41, 5.74) is 1.02. The average Bonchev–Trinajstić information content (AvgIpc) is 2.46. The molecule has 6 heteroatoms. The number of anilines is 4. The Hall–Kier alpha value is -2.37. The third kappa shape index (κ3) is 2.48. The molecule has 0 amide bonds. The lowest BCUT2D eigenvalue weighted by atomic mass is 10.3. The number of nitrogens with zero attached hydrogens (tertiary/aromatic N) is 4. The van der Waals surface area contributed by atoms with E-state index in [-0.39, 0.29) is 0 Å². The van der Waals surface area contributed by atoms with Crippen LogP contribution in [0.15, 0.2) is 30.3 Å². The van der Waals surface area contributed by atoms with Gasteiger partial charge < -0.3 is 15.5 Å². The molecule has 94 valence electrons. The van der Waals surface area contributed by atoms with Crippen LogP contribution in [0, 0.1) is 0 Å². The van der Waals surface area contributed by atoms with Crippen LogP contribution in [0.25, 0.3) is 0 Å². The third-order valence-corrected chi connectivity index (χ3v) is 2.51. The first kappa shape index (κ1) is 12.1. The molecule has 2 aromatic rings. The second kappa shape index (κ2) is 5.31. The number of nitrogens with one attached hydrogen (secondary N) is 2. The molecule has 0 atom stereocenters. The van der Waals surface area contributed by atoms with Crippen molar-refractivity contribution in [3.63, 3.8) is 0 Å². The summed E-state index contributed by atoms with van der Waals surface area (Å²) in [6, 6.07) is 9.93. The van der Waals surface area contributed by atoms with Crippen LogP contribution in [-0.4, -0.2) is 36.1 Å². The maximum Gasteiger partial charge on any atom is 0.236 e. The van der Waals surface area contributed by atoms with E-state index in [0.717, 1.165) is 5.69 Å². The monoisotopic (exact) mass is 244 g/mol. The van der Waals surface area contributed by atoms with Gasteiger partial charge in [0.1, 0.15) is 0 Å². The lowest BCUT2D eigenvalue weighted by Crippen LogP contribution is -2.15. The second-order valence-corrected chi connectivity index (χ2v) is 3.68. The smallest absolute Gasteiger partial charge is 0.236 e. The van der Waals surface area contributed by atoms with Crippen molar-refractivity contribution >= 4 is 23.5 Å². The molecule has 18 heavy (non-hydrogen) atoms. The van der Waals surface area contributed by atoms with Gasteiger partial charge in [0.15, 0.2) is 0 Å². The summed E-state index contributed by atoms with van der Waals surface area (Å²) in [7, 11) is 5.48. The molecule has 0 saturated carbocycles. The largest absolute Gasteiger partial charge is 0.357 e. The van der Waals surface area contributed by atoms with E-state index < -0.39 is 0 Å². The Morgan fingerprint density at radius 3 is 1.94 bits per heavy atom. The van der Waals surface area contributed by atoms with Crippen LogP contribution in [0.3, 0.4) is 0 Å². The number of benzene rings is 1. The van der Waals surface area contributed by atoms with Crippen molar-refractivity contribution < 1.29 is 0 Å². The molecule has 1 heterocycles. The Morgan fingerprint density at radius 1 is 0.889 bits per heavy atom. The molecule has 0 radical (unpaired) electrons. The summed E-state index contributed by atoms with van der Waals surface area (Å²) < 4.78 is 0. The minimum Gasteiger partial charge on any atom is -0.357 e. The van der Waals surface area contributed by atoms with Gasteiger partial charge in [-0.1, -0.05) is 18.2 Å². The summed E-state index contributed by atoms with van der Waals surface area (Å²) in [6.45, 7) is 0. The lowest BCUT2D eigenvalue weighted by molar-refractivity contribution is 0.988. The minimum atomic E-state index is 0.534. The van der Waals surface area contributed by atoms with Crippen molar-refractivity contribution in [3.05, 3.63) is 30.3 Å². The van der Waals surface area contributed by atoms with E-state index in [1.54, 1.807) is 14.1 Å². The average molecular weight is 244 g/mol. The molecule has 0 saturated heterocycles. The first-order chi connectivity index (χ1) is 8.74. The molecule has 0 spiro atoms. The Balaban J connectivity index is 2.38. The van der Waals surface area contributed by atoms with Crippen LogP contribution in [0.5, 0.6) is 0 Å². The summed E-state index contributed by atoms with van der Waals surface area (Å²) in [6.07, 6.45) is 0. The van der Waals surface area contributed by atoms with E-state index in [2.05, 4.69) is 25.6 Å². The van der Waals surface area contributed by atoms with Gasteiger partial charge in [-0.2, -0.15) is 15.0 Å². The Morgan fingerprint density at radius 2 is 1.44 bits per heavy atom. The summed E-state index contributed by atoms with van der Waals surface area (Å²) >= 11 is 0. The minimum absolute atomic E-state index is 0.534. The molecule has 0 bridgehead atoms. The van der Waals surface area contributed by atoms with Gasteiger partial charge in [0, 0.05) is 26.8 Å². The molecule has 0 aliphatic rings. The van der Waals surface area contributed by atoms with Crippen LogP contribution in [0.1, 0.15) is 0 Å². The number of para-hydroxylation sites is 1. The summed E-state index contributed by atoms with van der Waals surface area (Å²) in [5.74, 6) is 1.66. The zero-order valence-electron chi connectivity index (χ0n) is 10.7. The molecule has 0 aliphatic heterocycles. The van der Waals surface area contributed by atoms with E-state index >= 15 is 0 Å². The van der Waals surface area contributed by atoms with Crippen LogP contribution >= 0.6 is 0 Å². The van der Waals surface area contributed by atoms with E-state index in [4.69, 9.17) is 0 Å². The van der Waals surface area contributed by atoms with Gasteiger partial charge in [-0.3, -0.25) is 0 Å². The zero-order valence-corrected chi connectivity index (χ0v) is 10.7. The highest BCUT2D eigenvalue weighted by Gasteiger charge is 2.10. The fourth-order valence-corrected chi connectivity index (χ4v) is 1.51. The number of aromatic nitrogens is 3. The van der Waals surface area contributed by atoms with Gasteiger partial charge in [-0.15, -0.1) is 0 Å². The Labute approximate surface area is 106 Å². The van der Waals surface area contributed by atoms with E-state index in [9.17, 15) is 0 Å². The topological polar surface area (TPSA) is 66.0 Å². The van der Waals surface area contributed by atoms with Gasteiger partial charge in [0.25, 0.3) is 0 Å². The summed E-state index contributed by atoms with van der Waals surface area (Å²) in [5, 5.41) is 5.84. The predicted molar refractivity (Wildman–Crippen MR) is 73.4 cm³/mol. The molecule has 2 N–H and O–H groups in total. The molecule has 1 aromatic carbocycles. The van der Waals surface area contributed by atoms with Crippen LogP contribution in [-0.2, 0) is 0 Å². The Kier molecular flexibility index (Phi) is 3.57. The van der Waals surface area contributed by atoms with Gasteiger partial charge in [-0.05, 0) is 12.1 Å². The molecule has 0 fully saturated rings. The van der Waals surface area contributed by atoms with E-state index in [1.807, 2.05) is 42.3 Å². The molecule has 0 aliphatic carbocycles. The van der Waals surface area contributed by atoms with Crippen LogP contribution in [0.2, 0.25) is 0 Å². The fraction of sp³-hybridized carbons (Fsp3) is 0.250. The first-order valence-electron chi connectivity index (χ1n) is 5.65. The van der Waals surface area contributed by atoms with E-state index in [0.29, 0.717) is 17.8 Å². The SMILES string of the molecule is CNc1nc(NC)nc(N(C)c2ccccc2)n1. The van der Waals surface area contributed by atoms with Crippen molar-refractivity contribution in [3.8, 4) is 0 Å². The maximum absolute atomic E-state index is 4.33. The van der Waals surface area contributed by atoms with Crippen molar-refractivity contribution in [2.75, 3.05) is 36.7 Å². The van der Waals surface area contributed by atoms with Crippen molar-refractivity contribution in [1.29, 1.82) is 0 Å². The first-order valence-corrected chi connectivity index (χ1v) is 5.65. The highest BCUT2D eigenvalue weighted by Crippen LogP contribution is 2.20. The van der Waals surface area contributed by atoms with E-state index in [1.165, 1.54) is 0 Å². The predicted octanol–water partition coefficient (Wildman–Crippen LogP) is 1.72. The highest BCUT2D eigenvalue weighted by molar-refractivity contribution is 5.57. The second-order valence-electron chi connectivity index (χ2n) is 3.68. The molecule has 1 aromatic heterocycles. The highest BCUT2D eigenvalue weighted by atomic mass is 15.3. The van der Waals surface area contributed by atoms with Crippen LogP contribution < -0.4 is 15.5 Å². The number of hydrogen-bond donors (Lipinski definition) is 2. The molecular weight excluding hydrogens is 228 g/mol. The normalized spacial score (nSPS) is 9.94. The van der Waals surface area contributed by atoms with Crippen LogP contribution in [0.4, 0.5) is 23.5 Å². The number of rotatable bonds is 4. The van der Waals surface area contributed by atoms with Gasteiger partial charge in [-0.25, -0.2) is 0 Å². The van der Waals surface area contributed by atoms with Crippen molar-refractivity contribution in [1.82, 2.24) is 15.0 Å². The van der Waals surface area contributed by atoms with Gasteiger partial charge in [0.05, 0.1) is 0 Å². The van der Waals surface area contributed by atoms with Gasteiger partial charge >= 0.3 is 0 Å². The summed E-state index contributed by atoms with van der Waals surface area (Å²) in [4.78, 5) is 14.7. The van der Waals surface area contributed by atoms with Crippen molar-refractivity contribution in [2.24, 2.45) is 0 Å². The van der Waals surface area contributed by atoms with Gasteiger partial charge in [0.2, 0.25) is 17.8 Å². The molecule has 0 unspecified atom stereocenters. The lowest BCUT2D eigenvalue weighted by Gasteiger charge is -2.17. The fourth-order valence-electron chi connectivity index (χ4n) is 1.51. The maximum atomic E-state index is 4.33. The molecule has 2 rings (SSSR count).